The van der Waals surface area contributed by atoms with Crippen LogP contribution in [-0.4, -0.2) is 54.4 Å². The Kier molecular flexibility index (Phi) is 9.86. The van der Waals surface area contributed by atoms with Crippen molar-refractivity contribution in [2.45, 2.75) is 71.4 Å². The number of benzene rings is 2. The van der Waals surface area contributed by atoms with Gasteiger partial charge in [-0.3, -0.25) is 14.5 Å². The van der Waals surface area contributed by atoms with E-state index in [4.69, 9.17) is 15.2 Å². The maximum absolute atomic E-state index is 13.9. The molecule has 212 valence electrons. The number of hydrogen-bond acceptors (Lipinski definition) is 6. The third-order valence-corrected chi connectivity index (χ3v) is 8.12. The fourth-order valence-electron chi connectivity index (χ4n) is 6.11. The molecule has 2 aromatic carbocycles. The molecule has 0 bridgehead atoms. The maximum Gasteiger partial charge on any atom is 0.308 e. The predicted molar refractivity (Wildman–Crippen MR) is 152 cm³/mol. The Balaban J connectivity index is 1.64. The summed E-state index contributed by atoms with van der Waals surface area (Å²) in [6, 6.07) is 13.3. The second-order valence-corrected chi connectivity index (χ2v) is 11.0. The number of carbonyl (C=O) groups excluding carboxylic acids is 1. The lowest BCUT2D eigenvalue weighted by atomic mass is 9.81. The molecule has 0 aliphatic carbocycles. The Morgan fingerprint density at radius 1 is 1.13 bits per heavy atom. The highest BCUT2D eigenvalue weighted by molar-refractivity contribution is 5.95. The van der Waals surface area contributed by atoms with Crippen LogP contribution in [-0.2, 0) is 16.1 Å². The molecule has 8 nitrogen and oxygen atoms in total. The Labute approximate surface area is 232 Å². The normalized spacial score (nSPS) is 21.2. The number of carboxylic acids is 1. The van der Waals surface area contributed by atoms with Gasteiger partial charge in [0.2, 0.25) is 12.7 Å². The van der Waals surface area contributed by atoms with Crippen molar-refractivity contribution in [1.29, 1.82) is 0 Å². The summed E-state index contributed by atoms with van der Waals surface area (Å²) in [4.78, 5) is 30.6. The lowest BCUT2D eigenvalue weighted by molar-refractivity contribution is -0.143. The minimum absolute atomic E-state index is 0.0127. The van der Waals surface area contributed by atoms with E-state index in [0.29, 0.717) is 37.1 Å². The molecule has 1 amide bonds. The SMILES string of the molecule is CCCCN(C(=O)CN1C[C@H](c2ccc3c(c2)OCO3)C(C(=O)O)[C@@H]1CC(C)CCC)c1cccc(CN)c1. The van der Waals surface area contributed by atoms with Gasteiger partial charge in [-0.1, -0.05) is 58.2 Å². The third-order valence-electron chi connectivity index (χ3n) is 8.12. The highest BCUT2D eigenvalue weighted by Gasteiger charge is 2.47. The summed E-state index contributed by atoms with van der Waals surface area (Å²) in [7, 11) is 0. The summed E-state index contributed by atoms with van der Waals surface area (Å²) in [5.74, 6) is -0.0357. The molecule has 1 fully saturated rings. The topological polar surface area (TPSA) is 105 Å². The summed E-state index contributed by atoms with van der Waals surface area (Å²) in [5, 5.41) is 10.5. The van der Waals surface area contributed by atoms with E-state index in [0.717, 1.165) is 48.9 Å². The van der Waals surface area contributed by atoms with E-state index in [9.17, 15) is 14.7 Å². The maximum atomic E-state index is 13.9. The van der Waals surface area contributed by atoms with Gasteiger partial charge in [0.1, 0.15) is 0 Å². The van der Waals surface area contributed by atoms with Gasteiger partial charge < -0.3 is 25.2 Å². The summed E-state index contributed by atoms with van der Waals surface area (Å²) < 4.78 is 11.1. The number of anilines is 1. The summed E-state index contributed by atoms with van der Waals surface area (Å²) in [6.07, 6.45) is 4.64. The first-order valence-corrected chi connectivity index (χ1v) is 14.3. The largest absolute Gasteiger partial charge is 0.481 e. The lowest BCUT2D eigenvalue weighted by Gasteiger charge is -2.31. The average Bonchev–Trinajstić information content (AvgIpc) is 3.53. The van der Waals surface area contributed by atoms with Gasteiger partial charge in [-0.15, -0.1) is 0 Å². The second-order valence-electron chi connectivity index (χ2n) is 11.0. The quantitative estimate of drug-likeness (QED) is 0.370. The van der Waals surface area contributed by atoms with Gasteiger partial charge in [0, 0.05) is 37.3 Å². The van der Waals surface area contributed by atoms with Crippen LogP contribution in [0.3, 0.4) is 0 Å². The van der Waals surface area contributed by atoms with Gasteiger partial charge >= 0.3 is 5.97 Å². The Bertz CT molecular complexity index is 1140. The molecule has 2 unspecified atom stereocenters. The minimum atomic E-state index is -0.820. The van der Waals surface area contributed by atoms with Gasteiger partial charge in [-0.25, -0.2) is 0 Å². The van der Waals surface area contributed by atoms with Crippen LogP contribution in [0.2, 0.25) is 0 Å². The minimum Gasteiger partial charge on any atom is -0.481 e. The number of hydrogen-bond donors (Lipinski definition) is 2. The molecule has 3 N–H and O–H groups in total. The zero-order chi connectivity index (χ0) is 27.9. The van der Waals surface area contributed by atoms with Crippen LogP contribution >= 0.6 is 0 Å². The first-order chi connectivity index (χ1) is 18.9. The Morgan fingerprint density at radius 2 is 1.92 bits per heavy atom. The van der Waals surface area contributed by atoms with E-state index in [2.05, 4.69) is 25.7 Å². The summed E-state index contributed by atoms with van der Waals surface area (Å²) in [5.41, 5.74) is 8.61. The molecular formula is C31H43N3O5. The van der Waals surface area contributed by atoms with Gasteiger partial charge in [0.25, 0.3) is 0 Å². The van der Waals surface area contributed by atoms with E-state index in [-0.39, 0.29) is 31.2 Å². The molecule has 8 heteroatoms. The molecule has 2 aliphatic heterocycles. The molecule has 39 heavy (non-hydrogen) atoms. The molecule has 2 aliphatic rings. The molecule has 4 atom stereocenters. The number of ether oxygens (including phenoxy) is 2. The van der Waals surface area contributed by atoms with Gasteiger partial charge in [0.15, 0.2) is 11.5 Å². The number of likely N-dealkylation sites (tertiary alicyclic amines) is 1. The molecule has 4 rings (SSSR count). The number of aliphatic carboxylic acids is 1. The van der Waals surface area contributed by atoms with Crippen LogP contribution in [0.15, 0.2) is 42.5 Å². The fraction of sp³-hybridized carbons (Fsp3) is 0.548. The van der Waals surface area contributed by atoms with E-state index in [1.165, 1.54) is 0 Å². The van der Waals surface area contributed by atoms with Crippen molar-refractivity contribution in [1.82, 2.24) is 4.90 Å². The number of carbonyl (C=O) groups is 2. The first kappa shape index (κ1) is 28.9. The van der Waals surface area contributed by atoms with E-state index in [1.54, 1.807) is 0 Å². The van der Waals surface area contributed by atoms with Crippen molar-refractivity contribution in [3.63, 3.8) is 0 Å². The standard InChI is InChI=1S/C31H43N3O5/c1-4-6-13-34(24-10-7-9-22(15-24)17-32)29(35)19-33-18-25(23-11-12-27-28(16-23)39-20-38-27)30(31(36)37)26(33)14-21(3)8-5-2/h7,9-12,15-16,21,25-26,30H,4-6,8,13-14,17-20,32H2,1-3H3,(H,36,37)/t21?,25-,26+,30?/m1/s1. The Hall–Kier alpha value is -3.10. The molecule has 0 radical (unpaired) electrons. The fourth-order valence-corrected chi connectivity index (χ4v) is 6.11. The van der Waals surface area contributed by atoms with Crippen LogP contribution in [0.4, 0.5) is 5.69 Å². The molecule has 2 aromatic rings. The summed E-state index contributed by atoms with van der Waals surface area (Å²) >= 11 is 0. The number of rotatable bonds is 13. The number of carboxylic acid groups (broad SMARTS) is 1. The van der Waals surface area contributed by atoms with Crippen molar-refractivity contribution in [2.24, 2.45) is 17.6 Å². The van der Waals surface area contributed by atoms with E-state index < -0.39 is 11.9 Å². The zero-order valence-electron chi connectivity index (χ0n) is 23.5. The van der Waals surface area contributed by atoms with Crippen molar-refractivity contribution in [3.8, 4) is 11.5 Å². The smallest absolute Gasteiger partial charge is 0.308 e. The van der Waals surface area contributed by atoms with Crippen molar-refractivity contribution < 1.29 is 24.2 Å². The molecule has 0 spiro atoms. The van der Waals surface area contributed by atoms with Crippen molar-refractivity contribution in [3.05, 3.63) is 53.6 Å². The van der Waals surface area contributed by atoms with Gasteiger partial charge in [-0.05, 0) is 54.2 Å². The number of unbranched alkanes of at least 4 members (excludes halogenated alkanes) is 1. The summed E-state index contributed by atoms with van der Waals surface area (Å²) in [6.45, 7) is 8.30. The van der Waals surface area contributed by atoms with Crippen LogP contribution in [0.25, 0.3) is 0 Å². The van der Waals surface area contributed by atoms with Crippen molar-refractivity contribution in [2.75, 3.05) is 31.3 Å². The number of nitrogens with zero attached hydrogens (tertiary/aromatic N) is 2. The predicted octanol–water partition coefficient (Wildman–Crippen LogP) is 5.00. The monoisotopic (exact) mass is 537 g/mol. The number of fused-ring (bicyclic) bond motifs is 1. The second kappa shape index (κ2) is 13.3. The molecule has 2 heterocycles. The van der Waals surface area contributed by atoms with Crippen LogP contribution in [0.5, 0.6) is 11.5 Å². The first-order valence-electron chi connectivity index (χ1n) is 14.3. The van der Waals surface area contributed by atoms with Gasteiger partial charge in [-0.2, -0.15) is 0 Å². The molecular weight excluding hydrogens is 494 g/mol. The van der Waals surface area contributed by atoms with Crippen LogP contribution in [0, 0.1) is 11.8 Å². The highest BCUT2D eigenvalue weighted by Crippen LogP contribution is 2.43. The highest BCUT2D eigenvalue weighted by atomic mass is 16.7. The van der Waals surface area contributed by atoms with E-state index >= 15 is 0 Å². The van der Waals surface area contributed by atoms with Crippen LogP contribution < -0.4 is 20.1 Å². The molecule has 0 saturated carbocycles. The van der Waals surface area contributed by atoms with E-state index in [1.807, 2.05) is 47.4 Å². The van der Waals surface area contributed by atoms with Crippen LogP contribution in [0.1, 0.15) is 69.9 Å². The molecule has 0 aromatic heterocycles. The number of amides is 1. The zero-order valence-corrected chi connectivity index (χ0v) is 23.5. The lowest BCUT2D eigenvalue weighted by Crippen LogP contribution is -2.45. The van der Waals surface area contributed by atoms with Gasteiger partial charge in [0.05, 0.1) is 12.5 Å². The molecule has 1 saturated heterocycles. The average molecular weight is 538 g/mol. The Morgan fingerprint density at radius 3 is 2.64 bits per heavy atom. The van der Waals surface area contributed by atoms with Crippen molar-refractivity contribution >= 4 is 17.6 Å². The number of nitrogens with two attached hydrogens (primary N) is 1. The third kappa shape index (κ3) is 6.73.